The second-order valence-corrected chi connectivity index (χ2v) is 5.13. The largest absolute Gasteiger partial charge is 0.493 e. The summed E-state index contributed by atoms with van der Waals surface area (Å²) >= 11 is 0. The van der Waals surface area contributed by atoms with Gasteiger partial charge in [-0.15, -0.1) is 0 Å². The molecular weight excluding hydrogens is 358 g/mol. The van der Waals surface area contributed by atoms with E-state index in [1.807, 2.05) is 0 Å². The third-order valence-electron chi connectivity index (χ3n) is 3.19. The van der Waals surface area contributed by atoms with Crippen LogP contribution in [0.4, 0.5) is 26.3 Å². The van der Waals surface area contributed by atoms with Gasteiger partial charge in [-0.25, -0.2) is 4.79 Å². The number of carboxylic acid groups (broad SMARTS) is 1. The van der Waals surface area contributed by atoms with Crippen molar-refractivity contribution in [3.63, 3.8) is 0 Å². The minimum absolute atomic E-state index is 0.0261. The van der Waals surface area contributed by atoms with Crippen LogP contribution in [0.25, 0.3) is 10.9 Å². The number of hydrogen-bond donors (Lipinski definition) is 1. The first-order valence-electron chi connectivity index (χ1n) is 6.96. The van der Waals surface area contributed by atoms with Crippen LogP contribution in [-0.4, -0.2) is 39.8 Å². The van der Waals surface area contributed by atoms with Gasteiger partial charge in [0, 0.05) is 11.5 Å². The van der Waals surface area contributed by atoms with E-state index in [-0.39, 0.29) is 16.7 Å². The maximum Gasteiger partial charge on any atom is 0.392 e. The number of hydrogen-bond acceptors (Lipinski definition) is 3. The second kappa shape index (κ2) is 6.81. The number of rotatable bonds is 6. The Morgan fingerprint density at radius 2 is 1.76 bits per heavy atom. The van der Waals surface area contributed by atoms with Crippen LogP contribution >= 0.6 is 0 Å². The average molecular weight is 370 g/mol. The van der Waals surface area contributed by atoms with Crippen molar-refractivity contribution in [3.05, 3.63) is 23.9 Å². The molecule has 0 amide bonds. The van der Waals surface area contributed by atoms with Crippen LogP contribution in [0.2, 0.25) is 0 Å². The first-order chi connectivity index (χ1) is 11.5. The van der Waals surface area contributed by atoms with Crippen LogP contribution in [-0.2, 0) is 6.54 Å². The fourth-order valence-corrected chi connectivity index (χ4v) is 2.09. The Morgan fingerprint density at radius 3 is 2.32 bits per heavy atom. The molecule has 0 spiro atoms. The van der Waals surface area contributed by atoms with Crippen molar-refractivity contribution in [2.75, 3.05) is 6.61 Å². The number of carbonyl (C=O) groups is 1. The topological polar surface area (TPSA) is 64.3 Å². The molecule has 1 aromatic carbocycles. The van der Waals surface area contributed by atoms with Gasteiger partial charge in [0.2, 0.25) is 0 Å². The van der Waals surface area contributed by atoms with Crippen LogP contribution < -0.4 is 4.74 Å². The van der Waals surface area contributed by atoms with Crippen molar-refractivity contribution in [3.8, 4) is 5.75 Å². The van der Waals surface area contributed by atoms with Crippen molar-refractivity contribution in [1.82, 2.24) is 9.78 Å². The van der Waals surface area contributed by atoms with Crippen LogP contribution in [0.5, 0.6) is 5.75 Å². The molecule has 5 nitrogen and oxygen atoms in total. The van der Waals surface area contributed by atoms with Crippen molar-refractivity contribution in [2.45, 2.75) is 31.7 Å². The average Bonchev–Trinajstić information content (AvgIpc) is 2.81. The Morgan fingerprint density at radius 1 is 1.12 bits per heavy atom. The second-order valence-electron chi connectivity index (χ2n) is 5.13. The summed E-state index contributed by atoms with van der Waals surface area (Å²) in [6, 6.07) is 3.64. The molecule has 2 rings (SSSR count). The van der Waals surface area contributed by atoms with E-state index in [9.17, 15) is 31.1 Å². The van der Waals surface area contributed by atoms with Gasteiger partial charge in [-0.2, -0.15) is 31.4 Å². The summed E-state index contributed by atoms with van der Waals surface area (Å²) in [7, 11) is 0. The number of nitrogens with zero attached hydrogens (tertiary/aromatic N) is 2. The molecule has 0 aliphatic rings. The highest BCUT2D eigenvalue weighted by Crippen LogP contribution is 2.27. The highest BCUT2D eigenvalue weighted by atomic mass is 19.4. The standard InChI is InChI=1S/C14H12F6N2O3/c15-13(16,17)3-5-22-10-7-8(25-6-4-14(18,19)20)1-2-9(10)11(21-22)12(23)24/h1-2,7H,3-6H2,(H,23,24). The monoisotopic (exact) mass is 370 g/mol. The van der Waals surface area contributed by atoms with Crippen LogP contribution in [0.1, 0.15) is 23.3 Å². The van der Waals surface area contributed by atoms with E-state index in [1.165, 1.54) is 18.2 Å². The molecule has 1 aromatic heterocycles. The van der Waals surface area contributed by atoms with Gasteiger partial charge in [0.05, 0.1) is 31.5 Å². The third-order valence-corrected chi connectivity index (χ3v) is 3.19. The number of aryl methyl sites for hydroxylation is 1. The summed E-state index contributed by atoms with van der Waals surface area (Å²) in [5.41, 5.74) is -0.412. The number of alkyl halides is 6. The molecule has 0 radical (unpaired) electrons. The minimum Gasteiger partial charge on any atom is -0.493 e. The van der Waals surface area contributed by atoms with Crippen LogP contribution in [0.3, 0.4) is 0 Å². The molecule has 2 aromatic rings. The lowest BCUT2D eigenvalue weighted by Crippen LogP contribution is -2.14. The summed E-state index contributed by atoms with van der Waals surface area (Å²) < 4.78 is 79.2. The molecule has 25 heavy (non-hydrogen) atoms. The van der Waals surface area contributed by atoms with Crippen molar-refractivity contribution >= 4 is 16.9 Å². The Balaban J connectivity index is 2.29. The van der Waals surface area contributed by atoms with E-state index in [0.717, 1.165) is 4.68 Å². The zero-order valence-corrected chi connectivity index (χ0v) is 12.5. The van der Waals surface area contributed by atoms with Gasteiger partial charge in [-0.3, -0.25) is 4.68 Å². The number of benzene rings is 1. The maximum atomic E-state index is 12.4. The SMILES string of the molecule is O=C(O)c1nn(CCC(F)(F)F)c2cc(OCCC(F)(F)F)ccc12. The number of carboxylic acids is 1. The van der Waals surface area contributed by atoms with Gasteiger partial charge in [-0.1, -0.05) is 0 Å². The number of aromatic carboxylic acids is 1. The molecule has 0 bridgehead atoms. The van der Waals surface area contributed by atoms with Crippen LogP contribution in [0, 0.1) is 0 Å². The van der Waals surface area contributed by atoms with Gasteiger partial charge in [0.1, 0.15) is 5.75 Å². The number of ether oxygens (including phenoxy) is 1. The molecule has 0 unspecified atom stereocenters. The van der Waals surface area contributed by atoms with Crippen molar-refractivity contribution < 1.29 is 41.0 Å². The van der Waals surface area contributed by atoms with E-state index in [2.05, 4.69) is 5.10 Å². The van der Waals surface area contributed by atoms with Gasteiger partial charge >= 0.3 is 18.3 Å². The molecule has 11 heteroatoms. The molecule has 0 atom stereocenters. The summed E-state index contributed by atoms with van der Waals surface area (Å²) in [6.45, 7) is -1.29. The predicted octanol–water partition coefficient (Wildman–Crippen LogP) is 4.02. The van der Waals surface area contributed by atoms with E-state index in [1.54, 1.807) is 0 Å². The minimum atomic E-state index is -4.47. The number of halogens is 6. The van der Waals surface area contributed by atoms with Gasteiger partial charge in [0.15, 0.2) is 5.69 Å². The van der Waals surface area contributed by atoms with Crippen LogP contribution in [0.15, 0.2) is 18.2 Å². The number of aromatic nitrogens is 2. The number of fused-ring (bicyclic) bond motifs is 1. The molecule has 138 valence electrons. The Labute approximate surface area is 136 Å². The summed E-state index contributed by atoms with van der Waals surface area (Å²) in [5, 5.41) is 12.8. The maximum absolute atomic E-state index is 12.4. The normalized spacial score (nSPS) is 12.6. The molecule has 1 heterocycles. The van der Waals surface area contributed by atoms with Gasteiger partial charge in [0.25, 0.3) is 0 Å². The molecular formula is C14H12F6N2O3. The molecule has 1 N–H and O–H groups in total. The Kier molecular flexibility index (Phi) is 5.14. The van der Waals surface area contributed by atoms with E-state index < -0.39 is 50.0 Å². The quantitative estimate of drug-likeness (QED) is 0.781. The fourth-order valence-electron chi connectivity index (χ4n) is 2.09. The highest BCUT2D eigenvalue weighted by molar-refractivity contribution is 6.01. The molecule has 0 fully saturated rings. The lowest BCUT2D eigenvalue weighted by atomic mass is 10.2. The molecule has 0 aliphatic heterocycles. The third kappa shape index (κ3) is 5.26. The summed E-state index contributed by atoms with van der Waals surface area (Å²) in [4.78, 5) is 11.1. The Bertz CT molecular complexity index is 766. The summed E-state index contributed by atoms with van der Waals surface area (Å²) in [5.74, 6) is -1.46. The van der Waals surface area contributed by atoms with Crippen molar-refractivity contribution in [2.24, 2.45) is 0 Å². The fraction of sp³-hybridized carbons (Fsp3) is 0.429. The lowest BCUT2D eigenvalue weighted by molar-refractivity contribution is -0.139. The van der Waals surface area contributed by atoms with Crippen molar-refractivity contribution in [1.29, 1.82) is 0 Å². The zero-order valence-electron chi connectivity index (χ0n) is 12.5. The van der Waals surface area contributed by atoms with Gasteiger partial charge in [-0.05, 0) is 12.1 Å². The molecule has 0 saturated heterocycles. The summed E-state index contributed by atoms with van der Waals surface area (Å²) in [6.07, 6.45) is -11.3. The molecule has 0 saturated carbocycles. The highest BCUT2D eigenvalue weighted by Gasteiger charge is 2.28. The Hall–Kier alpha value is -2.46. The van der Waals surface area contributed by atoms with E-state index in [0.29, 0.717) is 0 Å². The smallest absolute Gasteiger partial charge is 0.392 e. The predicted molar refractivity (Wildman–Crippen MR) is 73.5 cm³/mol. The first kappa shape index (κ1) is 18.9. The zero-order chi connectivity index (χ0) is 18.8. The molecule has 0 aliphatic carbocycles. The van der Waals surface area contributed by atoms with Gasteiger partial charge < -0.3 is 9.84 Å². The first-order valence-corrected chi connectivity index (χ1v) is 6.96. The van der Waals surface area contributed by atoms with E-state index in [4.69, 9.17) is 9.84 Å². The van der Waals surface area contributed by atoms with E-state index >= 15 is 0 Å². The lowest BCUT2D eigenvalue weighted by Gasteiger charge is -2.10.